The van der Waals surface area contributed by atoms with Crippen LogP contribution in [0.4, 0.5) is 0 Å². The molecule has 2 atom stereocenters. The van der Waals surface area contributed by atoms with E-state index in [-0.39, 0.29) is 0 Å². The van der Waals surface area contributed by atoms with E-state index < -0.39 is 0 Å². The predicted octanol–water partition coefficient (Wildman–Crippen LogP) is 4.03. The van der Waals surface area contributed by atoms with E-state index in [9.17, 15) is 10.2 Å². The molecule has 0 saturated heterocycles. The van der Waals surface area contributed by atoms with Crippen molar-refractivity contribution in [3.63, 3.8) is 0 Å². The molecule has 2 rings (SSSR count). The quantitative estimate of drug-likeness (QED) is 0.888. The van der Waals surface area contributed by atoms with Gasteiger partial charge >= 0.3 is 0 Å². The van der Waals surface area contributed by atoms with Crippen LogP contribution in [0, 0.1) is 0 Å². The van der Waals surface area contributed by atoms with Crippen LogP contribution in [0.15, 0.2) is 48.5 Å². The van der Waals surface area contributed by atoms with Crippen LogP contribution in [0.1, 0.15) is 37.1 Å². The fourth-order valence-corrected chi connectivity index (χ4v) is 2.17. The summed E-state index contributed by atoms with van der Waals surface area (Å²) in [6.07, 6.45) is 0. The Morgan fingerprint density at radius 2 is 1.00 bits per heavy atom. The zero-order valence-corrected chi connectivity index (χ0v) is 15.6. The van der Waals surface area contributed by atoms with Crippen molar-refractivity contribution in [3.05, 3.63) is 59.7 Å². The van der Waals surface area contributed by atoms with Gasteiger partial charge in [0, 0.05) is 12.1 Å². The number of benzene rings is 2. The second kappa shape index (κ2) is 9.30. The normalized spacial score (nSPS) is 13.3. The summed E-state index contributed by atoms with van der Waals surface area (Å²) in [4.78, 5) is 4.21. The van der Waals surface area contributed by atoms with Crippen molar-refractivity contribution in [2.75, 3.05) is 28.2 Å². The van der Waals surface area contributed by atoms with E-state index in [0.717, 1.165) is 11.1 Å². The zero-order valence-electron chi connectivity index (χ0n) is 15.6. The summed E-state index contributed by atoms with van der Waals surface area (Å²) in [5.74, 6) is 0.669. The molecule has 0 amide bonds. The molecule has 0 aliphatic carbocycles. The summed E-state index contributed by atoms with van der Waals surface area (Å²) in [7, 11) is 8.09. The van der Waals surface area contributed by atoms with Gasteiger partial charge in [0.05, 0.1) is 0 Å². The van der Waals surface area contributed by atoms with Gasteiger partial charge in [-0.25, -0.2) is 0 Å². The number of phenols is 2. The van der Waals surface area contributed by atoms with Crippen LogP contribution in [-0.2, 0) is 0 Å². The monoisotopic (exact) mass is 330 g/mol. The van der Waals surface area contributed by atoms with Crippen molar-refractivity contribution in [2.45, 2.75) is 25.9 Å². The molecule has 0 bridgehead atoms. The van der Waals surface area contributed by atoms with Gasteiger partial charge in [-0.2, -0.15) is 0 Å². The average molecular weight is 330 g/mol. The third kappa shape index (κ3) is 6.22. The molecule has 0 heterocycles. The Bertz CT molecular complexity index is 571. The maximum Gasteiger partial charge on any atom is 0.115 e. The summed E-state index contributed by atoms with van der Waals surface area (Å²) < 4.78 is 0. The minimum Gasteiger partial charge on any atom is -0.508 e. The Balaban J connectivity index is 0.000000240. The van der Waals surface area contributed by atoms with Gasteiger partial charge in [0.15, 0.2) is 0 Å². The van der Waals surface area contributed by atoms with Crippen molar-refractivity contribution < 1.29 is 10.2 Å². The molecule has 4 nitrogen and oxygen atoms in total. The highest BCUT2D eigenvalue weighted by Gasteiger charge is 2.07. The topological polar surface area (TPSA) is 46.9 Å². The molecule has 24 heavy (non-hydrogen) atoms. The maximum absolute atomic E-state index is 9.23. The smallest absolute Gasteiger partial charge is 0.115 e. The Kier molecular flexibility index (Phi) is 7.75. The molecule has 1 unspecified atom stereocenters. The van der Waals surface area contributed by atoms with Gasteiger partial charge < -0.3 is 20.0 Å². The number of phenolic OH excluding ortho intramolecular Hbond substituents is 2. The number of nitrogens with zero attached hydrogens (tertiary/aromatic N) is 2. The molecular weight excluding hydrogens is 300 g/mol. The zero-order chi connectivity index (χ0) is 18.3. The van der Waals surface area contributed by atoms with E-state index in [4.69, 9.17) is 0 Å². The second-order valence-corrected chi connectivity index (χ2v) is 6.47. The minimum atomic E-state index is 0.334. The lowest BCUT2D eigenvalue weighted by atomic mass is 10.1. The van der Waals surface area contributed by atoms with Gasteiger partial charge in [-0.15, -0.1) is 0 Å². The fourth-order valence-electron chi connectivity index (χ4n) is 2.17. The van der Waals surface area contributed by atoms with Crippen LogP contribution in [-0.4, -0.2) is 48.2 Å². The predicted molar refractivity (Wildman–Crippen MR) is 100 cm³/mol. The van der Waals surface area contributed by atoms with E-state index in [0.29, 0.717) is 23.6 Å². The Hall–Kier alpha value is -2.04. The lowest BCUT2D eigenvalue weighted by Crippen LogP contribution is -2.16. The molecule has 0 aliphatic heterocycles. The first-order valence-corrected chi connectivity index (χ1v) is 8.13. The molecule has 2 N–H and O–H groups in total. The third-order valence-corrected chi connectivity index (χ3v) is 4.25. The van der Waals surface area contributed by atoms with Crippen molar-refractivity contribution in [3.8, 4) is 11.5 Å². The second-order valence-electron chi connectivity index (χ2n) is 6.47. The highest BCUT2D eigenvalue weighted by atomic mass is 16.3. The highest BCUT2D eigenvalue weighted by Crippen LogP contribution is 2.21. The van der Waals surface area contributed by atoms with E-state index >= 15 is 0 Å². The maximum atomic E-state index is 9.23. The first kappa shape index (κ1) is 20.0. The first-order valence-electron chi connectivity index (χ1n) is 8.13. The summed E-state index contributed by atoms with van der Waals surface area (Å²) >= 11 is 0. The summed E-state index contributed by atoms with van der Waals surface area (Å²) in [6.45, 7) is 4.21. The molecule has 132 valence electrons. The largest absolute Gasteiger partial charge is 0.508 e. The van der Waals surface area contributed by atoms with Crippen LogP contribution >= 0.6 is 0 Å². The van der Waals surface area contributed by atoms with Crippen molar-refractivity contribution in [2.24, 2.45) is 0 Å². The fraction of sp³-hybridized carbons (Fsp3) is 0.400. The van der Waals surface area contributed by atoms with Gasteiger partial charge in [-0.3, -0.25) is 0 Å². The number of rotatable bonds is 4. The molecule has 0 saturated carbocycles. The number of hydrogen-bond donors (Lipinski definition) is 2. The molecule has 0 fully saturated rings. The van der Waals surface area contributed by atoms with Gasteiger partial charge in [0.25, 0.3) is 0 Å². The Morgan fingerprint density at radius 1 is 0.667 bits per heavy atom. The van der Waals surface area contributed by atoms with Crippen LogP contribution in [0.5, 0.6) is 11.5 Å². The SMILES string of the molecule is CC(c1cccc(O)c1)N(C)C.C[C@@H](c1cccc(O)c1)N(C)C. The van der Waals surface area contributed by atoms with E-state index in [2.05, 4.69) is 23.6 Å². The summed E-state index contributed by atoms with van der Waals surface area (Å²) in [5.41, 5.74) is 2.28. The molecule has 4 heteroatoms. The molecule has 0 aromatic heterocycles. The molecule has 0 radical (unpaired) electrons. The minimum absolute atomic E-state index is 0.334. The van der Waals surface area contributed by atoms with Gasteiger partial charge in [-0.1, -0.05) is 24.3 Å². The summed E-state index contributed by atoms with van der Waals surface area (Å²) in [6, 6.07) is 15.4. The van der Waals surface area contributed by atoms with E-state index in [1.54, 1.807) is 24.3 Å². The Morgan fingerprint density at radius 3 is 1.25 bits per heavy atom. The van der Waals surface area contributed by atoms with Gasteiger partial charge in [0.2, 0.25) is 0 Å². The third-order valence-electron chi connectivity index (χ3n) is 4.25. The van der Waals surface area contributed by atoms with Crippen LogP contribution in [0.25, 0.3) is 0 Å². The lowest BCUT2D eigenvalue weighted by molar-refractivity contribution is 0.320. The standard InChI is InChI=1S/2C10H15NO/c2*1-8(11(2)3)9-5-4-6-10(12)7-9/h2*4-8,12H,1-3H3/t8-;/m0./s1. The molecular formula is C20H30N2O2. The van der Waals surface area contributed by atoms with Crippen LogP contribution in [0.2, 0.25) is 0 Å². The lowest BCUT2D eigenvalue weighted by Gasteiger charge is -2.19. The van der Waals surface area contributed by atoms with Gasteiger partial charge in [0.1, 0.15) is 11.5 Å². The molecule has 2 aromatic carbocycles. The summed E-state index contributed by atoms with van der Waals surface area (Å²) in [5, 5.41) is 18.5. The van der Waals surface area contributed by atoms with Crippen LogP contribution < -0.4 is 0 Å². The molecule has 0 aliphatic rings. The van der Waals surface area contributed by atoms with E-state index in [1.165, 1.54) is 0 Å². The first-order chi connectivity index (χ1) is 11.2. The van der Waals surface area contributed by atoms with Crippen LogP contribution in [0.3, 0.4) is 0 Å². The average Bonchev–Trinajstić information content (AvgIpc) is 2.53. The van der Waals surface area contributed by atoms with E-state index in [1.807, 2.05) is 52.5 Å². The van der Waals surface area contributed by atoms with Crippen molar-refractivity contribution >= 4 is 0 Å². The Labute approximate surface area is 146 Å². The van der Waals surface area contributed by atoms with Crippen molar-refractivity contribution in [1.29, 1.82) is 0 Å². The van der Waals surface area contributed by atoms with Gasteiger partial charge in [-0.05, 0) is 77.4 Å². The molecule has 2 aromatic rings. The van der Waals surface area contributed by atoms with Crippen molar-refractivity contribution in [1.82, 2.24) is 9.80 Å². The highest BCUT2D eigenvalue weighted by molar-refractivity contribution is 5.29. The number of hydrogen-bond acceptors (Lipinski definition) is 4. The molecule has 0 spiro atoms. The number of aromatic hydroxyl groups is 2.